The monoisotopic (exact) mass is 240 g/mol. The Bertz CT molecular complexity index is 458. The van der Waals surface area contributed by atoms with Crippen LogP contribution in [0.5, 0.6) is 0 Å². The zero-order valence-electron chi connectivity index (χ0n) is 10.8. The number of allylic oxidation sites excluding steroid dienone is 1. The molecule has 3 rings (SSSR count). The van der Waals surface area contributed by atoms with Crippen LogP contribution in [0.25, 0.3) is 0 Å². The van der Waals surface area contributed by atoms with Crippen molar-refractivity contribution in [3.05, 3.63) is 59.7 Å². The molecule has 2 aliphatic rings. The third kappa shape index (κ3) is 2.41. The second kappa shape index (κ2) is 5.11. The van der Waals surface area contributed by atoms with Gasteiger partial charge in [0.1, 0.15) is 0 Å². The second-order valence-electron chi connectivity index (χ2n) is 5.40. The standard InChI is InChI=1S/C17H20O/c1-13-10-15-8-5-9-16(15)11-17(13)18-12-14-6-3-2-4-7-14/h2-4,6-7,10,16-17H,1,5,8-9,11-12H2/t16-,17+/m0/s1. The summed E-state index contributed by atoms with van der Waals surface area (Å²) >= 11 is 0. The molecule has 0 bridgehead atoms. The van der Waals surface area contributed by atoms with Gasteiger partial charge in [-0.3, -0.25) is 0 Å². The molecule has 1 aromatic carbocycles. The summed E-state index contributed by atoms with van der Waals surface area (Å²) in [4.78, 5) is 0. The Balaban J connectivity index is 1.62. The molecule has 0 N–H and O–H groups in total. The highest BCUT2D eigenvalue weighted by molar-refractivity contribution is 5.32. The molecule has 2 atom stereocenters. The van der Waals surface area contributed by atoms with Crippen molar-refractivity contribution in [3.63, 3.8) is 0 Å². The predicted octanol–water partition coefficient (Wildman–Crippen LogP) is 4.26. The van der Waals surface area contributed by atoms with Gasteiger partial charge < -0.3 is 4.74 Å². The Labute approximate surface area is 109 Å². The third-order valence-corrected chi connectivity index (χ3v) is 4.12. The lowest BCUT2D eigenvalue weighted by Crippen LogP contribution is -2.22. The van der Waals surface area contributed by atoms with E-state index in [-0.39, 0.29) is 6.10 Å². The summed E-state index contributed by atoms with van der Waals surface area (Å²) in [6, 6.07) is 10.4. The van der Waals surface area contributed by atoms with Crippen LogP contribution in [-0.4, -0.2) is 6.10 Å². The molecular weight excluding hydrogens is 220 g/mol. The molecule has 0 aliphatic heterocycles. The fraction of sp³-hybridized carbons (Fsp3) is 0.412. The molecule has 0 saturated heterocycles. The fourth-order valence-electron chi connectivity index (χ4n) is 3.09. The topological polar surface area (TPSA) is 9.23 Å². The van der Waals surface area contributed by atoms with Gasteiger partial charge in [-0.1, -0.05) is 48.6 Å². The van der Waals surface area contributed by atoms with E-state index in [4.69, 9.17) is 4.74 Å². The van der Waals surface area contributed by atoms with Crippen LogP contribution in [0.2, 0.25) is 0 Å². The van der Waals surface area contributed by atoms with Gasteiger partial charge >= 0.3 is 0 Å². The summed E-state index contributed by atoms with van der Waals surface area (Å²) in [6.45, 7) is 4.86. The molecule has 2 aliphatic carbocycles. The molecule has 0 spiro atoms. The normalized spacial score (nSPS) is 26.9. The Morgan fingerprint density at radius 3 is 2.89 bits per heavy atom. The highest BCUT2D eigenvalue weighted by atomic mass is 16.5. The summed E-state index contributed by atoms with van der Waals surface area (Å²) in [6.07, 6.45) is 7.60. The largest absolute Gasteiger partial charge is 0.369 e. The van der Waals surface area contributed by atoms with Gasteiger partial charge in [-0.25, -0.2) is 0 Å². The van der Waals surface area contributed by atoms with Crippen LogP contribution in [0.4, 0.5) is 0 Å². The quantitative estimate of drug-likeness (QED) is 0.767. The predicted molar refractivity (Wildman–Crippen MR) is 74.2 cm³/mol. The van der Waals surface area contributed by atoms with Crippen LogP contribution >= 0.6 is 0 Å². The number of fused-ring (bicyclic) bond motifs is 1. The van der Waals surface area contributed by atoms with E-state index in [2.05, 4.69) is 36.9 Å². The maximum atomic E-state index is 6.05. The van der Waals surface area contributed by atoms with Crippen molar-refractivity contribution < 1.29 is 4.74 Å². The van der Waals surface area contributed by atoms with Crippen molar-refractivity contribution in [3.8, 4) is 0 Å². The summed E-state index contributed by atoms with van der Waals surface area (Å²) < 4.78 is 6.05. The minimum atomic E-state index is 0.219. The molecule has 0 unspecified atom stereocenters. The Hall–Kier alpha value is -1.34. The van der Waals surface area contributed by atoms with E-state index >= 15 is 0 Å². The molecule has 94 valence electrons. The van der Waals surface area contributed by atoms with E-state index in [1.807, 2.05) is 6.07 Å². The Morgan fingerprint density at radius 2 is 2.06 bits per heavy atom. The molecule has 1 saturated carbocycles. The van der Waals surface area contributed by atoms with E-state index < -0.39 is 0 Å². The van der Waals surface area contributed by atoms with Crippen LogP contribution in [0.15, 0.2) is 54.1 Å². The smallest absolute Gasteiger partial charge is 0.0829 e. The zero-order chi connectivity index (χ0) is 12.4. The highest BCUT2D eigenvalue weighted by Gasteiger charge is 2.29. The summed E-state index contributed by atoms with van der Waals surface area (Å²) in [7, 11) is 0. The molecule has 0 amide bonds. The van der Waals surface area contributed by atoms with Crippen LogP contribution < -0.4 is 0 Å². The van der Waals surface area contributed by atoms with Crippen molar-refractivity contribution in [1.29, 1.82) is 0 Å². The van der Waals surface area contributed by atoms with Crippen LogP contribution in [-0.2, 0) is 11.3 Å². The average molecular weight is 240 g/mol. The first-order chi connectivity index (χ1) is 8.83. The van der Waals surface area contributed by atoms with Gasteiger partial charge in [-0.05, 0) is 42.7 Å². The number of ether oxygens (including phenoxy) is 1. The SMILES string of the molecule is C=C1C=C2CCC[C@H]2C[C@H]1OCc1ccccc1. The van der Waals surface area contributed by atoms with Gasteiger partial charge in [0.05, 0.1) is 12.7 Å². The highest BCUT2D eigenvalue weighted by Crippen LogP contribution is 2.40. The van der Waals surface area contributed by atoms with E-state index in [1.165, 1.54) is 30.4 Å². The number of rotatable bonds is 3. The van der Waals surface area contributed by atoms with Crippen molar-refractivity contribution in [2.75, 3.05) is 0 Å². The first kappa shape index (κ1) is 11.7. The van der Waals surface area contributed by atoms with Crippen molar-refractivity contribution in [1.82, 2.24) is 0 Å². The Kier molecular flexibility index (Phi) is 3.33. The van der Waals surface area contributed by atoms with E-state index in [0.29, 0.717) is 6.61 Å². The lowest BCUT2D eigenvalue weighted by atomic mass is 9.86. The van der Waals surface area contributed by atoms with Gasteiger partial charge in [0.2, 0.25) is 0 Å². The Morgan fingerprint density at radius 1 is 1.22 bits per heavy atom. The van der Waals surface area contributed by atoms with E-state index in [9.17, 15) is 0 Å². The fourth-order valence-corrected chi connectivity index (χ4v) is 3.09. The number of hydrogen-bond donors (Lipinski definition) is 0. The summed E-state index contributed by atoms with van der Waals surface area (Å²) in [5.41, 5.74) is 4.02. The number of hydrogen-bond acceptors (Lipinski definition) is 1. The molecule has 0 heterocycles. The lowest BCUT2D eigenvalue weighted by molar-refractivity contribution is 0.0510. The van der Waals surface area contributed by atoms with E-state index in [0.717, 1.165) is 12.3 Å². The van der Waals surface area contributed by atoms with E-state index in [1.54, 1.807) is 5.57 Å². The summed E-state index contributed by atoms with van der Waals surface area (Å²) in [5, 5.41) is 0. The molecule has 0 radical (unpaired) electrons. The molecule has 1 aromatic rings. The van der Waals surface area contributed by atoms with Crippen molar-refractivity contribution in [2.24, 2.45) is 5.92 Å². The molecular formula is C17H20O. The van der Waals surface area contributed by atoms with Gasteiger partial charge in [0.25, 0.3) is 0 Å². The van der Waals surface area contributed by atoms with Crippen LogP contribution in [0, 0.1) is 5.92 Å². The average Bonchev–Trinajstić information content (AvgIpc) is 2.84. The second-order valence-corrected chi connectivity index (χ2v) is 5.40. The van der Waals surface area contributed by atoms with Crippen molar-refractivity contribution in [2.45, 2.75) is 38.4 Å². The van der Waals surface area contributed by atoms with Gasteiger partial charge in [0.15, 0.2) is 0 Å². The van der Waals surface area contributed by atoms with Crippen LogP contribution in [0.1, 0.15) is 31.2 Å². The maximum Gasteiger partial charge on any atom is 0.0829 e. The molecule has 18 heavy (non-hydrogen) atoms. The van der Waals surface area contributed by atoms with Gasteiger partial charge in [0, 0.05) is 0 Å². The first-order valence-corrected chi connectivity index (χ1v) is 6.88. The minimum Gasteiger partial charge on any atom is -0.369 e. The molecule has 1 heteroatoms. The van der Waals surface area contributed by atoms with Crippen molar-refractivity contribution >= 4 is 0 Å². The van der Waals surface area contributed by atoms with Gasteiger partial charge in [-0.2, -0.15) is 0 Å². The molecule has 1 nitrogen and oxygen atoms in total. The molecule has 0 aromatic heterocycles. The maximum absolute atomic E-state index is 6.05. The number of benzene rings is 1. The lowest BCUT2D eigenvalue weighted by Gasteiger charge is -2.27. The minimum absolute atomic E-state index is 0.219. The third-order valence-electron chi connectivity index (χ3n) is 4.12. The first-order valence-electron chi connectivity index (χ1n) is 6.88. The molecule has 1 fully saturated rings. The van der Waals surface area contributed by atoms with Crippen LogP contribution in [0.3, 0.4) is 0 Å². The zero-order valence-corrected chi connectivity index (χ0v) is 10.8. The summed E-state index contributed by atoms with van der Waals surface area (Å²) in [5.74, 6) is 0.760. The van der Waals surface area contributed by atoms with Gasteiger partial charge in [-0.15, -0.1) is 0 Å².